The molecule has 0 aliphatic heterocycles. The number of carbonyl (C=O) groups excluding carboxylic acids is 1. The Morgan fingerprint density at radius 2 is 2.06 bits per heavy atom. The monoisotopic (exact) mass is 233 g/mol. The van der Waals surface area contributed by atoms with E-state index in [1.165, 1.54) is 19.1 Å². The van der Waals surface area contributed by atoms with E-state index in [1.54, 1.807) is 0 Å². The van der Waals surface area contributed by atoms with Gasteiger partial charge in [0, 0.05) is 5.69 Å². The Bertz CT molecular complexity index is 402. The molecular weight excluding hydrogens is 223 g/mol. The molecule has 1 amide bonds. The van der Waals surface area contributed by atoms with Gasteiger partial charge >= 0.3 is 6.18 Å². The van der Waals surface area contributed by atoms with Crippen molar-refractivity contribution in [1.82, 2.24) is 0 Å². The number of alkyl halides is 3. The average molecular weight is 233 g/mol. The second-order valence-corrected chi connectivity index (χ2v) is 3.23. The van der Waals surface area contributed by atoms with E-state index in [0.29, 0.717) is 0 Å². The molecule has 0 spiro atoms. The van der Waals surface area contributed by atoms with Crippen molar-refractivity contribution in [2.45, 2.75) is 13.1 Å². The van der Waals surface area contributed by atoms with E-state index in [1.807, 2.05) is 0 Å². The van der Waals surface area contributed by atoms with Gasteiger partial charge in [-0.15, -0.1) is 0 Å². The van der Waals surface area contributed by atoms with Crippen LogP contribution in [-0.2, 0) is 11.0 Å². The number of nitrogens with one attached hydrogen (secondary N) is 1. The van der Waals surface area contributed by atoms with Crippen molar-refractivity contribution in [3.05, 3.63) is 29.3 Å². The summed E-state index contributed by atoms with van der Waals surface area (Å²) in [5.74, 6) is -0.753. The van der Waals surface area contributed by atoms with Crippen LogP contribution in [-0.4, -0.2) is 17.6 Å². The number of carbonyl (C=O) groups is 1. The van der Waals surface area contributed by atoms with Crippen LogP contribution in [0.5, 0.6) is 0 Å². The lowest BCUT2D eigenvalue weighted by atomic mass is 10.1. The summed E-state index contributed by atoms with van der Waals surface area (Å²) in [4.78, 5) is 10.8. The minimum atomic E-state index is -4.45. The van der Waals surface area contributed by atoms with Crippen LogP contribution < -0.4 is 5.32 Å². The van der Waals surface area contributed by atoms with Gasteiger partial charge in [-0.1, -0.05) is 6.07 Å². The van der Waals surface area contributed by atoms with Gasteiger partial charge in [0.05, 0.1) is 5.56 Å². The Morgan fingerprint density at radius 3 is 2.56 bits per heavy atom. The molecule has 3 nitrogen and oxygen atoms in total. The van der Waals surface area contributed by atoms with Crippen LogP contribution in [0.1, 0.15) is 11.1 Å². The molecule has 0 aliphatic rings. The maximum absolute atomic E-state index is 12.5. The summed E-state index contributed by atoms with van der Waals surface area (Å²) in [7, 11) is 0. The third-order valence-corrected chi connectivity index (χ3v) is 1.97. The predicted octanol–water partition coefficient (Wildman–Crippen LogP) is 1.94. The van der Waals surface area contributed by atoms with Gasteiger partial charge in [0.1, 0.15) is 6.61 Å². The third-order valence-electron chi connectivity index (χ3n) is 1.97. The molecule has 1 aromatic rings. The largest absolute Gasteiger partial charge is 0.416 e. The highest BCUT2D eigenvalue weighted by Gasteiger charge is 2.32. The van der Waals surface area contributed by atoms with Crippen LogP contribution in [0.3, 0.4) is 0 Å². The number of hydrogen-bond donors (Lipinski definition) is 2. The number of halogens is 3. The molecule has 88 valence electrons. The molecule has 2 N–H and O–H groups in total. The summed E-state index contributed by atoms with van der Waals surface area (Å²) in [5.41, 5.74) is -0.713. The number of benzene rings is 1. The van der Waals surface area contributed by atoms with Crippen molar-refractivity contribution >= 4 is 11.6 Å². The maximum Gasteiger partial charge on any atom is 0.416 e. The first-order valence-electron chi connectivity index (χ1n) is 4.43. The normalized spacial score (nSPS) is 11.3. The van der Waals surface area contributed by atoms with Crippen LogP contribution in [0.15, 0.2) is 18.2 Å². The first kappa shape index (κ1) is 12.5. The summed E-state index contributed by atoms with van der Waals surface area (Å²) in [5, 5.41) is 10.6. The molecule has 0 saturated heterocycles. The molecule has 0 atom stereocenters. The number of aliphatic hydroxyl groups excluding tert-OH is 1. The Hall–Kier alpha value is -1.56. The first-order valence-corrected chi connectivity index (χ1v) is 4.43. The van der Waals surface area contributed by atoms with Gasteiger partial charge in [-0.25, -0.2) is 0 Å². The highest BCUT2D eigenvalue weighted by Crippen LogP contribution is 2.33. The lowest BCUT2D eigenvalue weighted by Gasteiger charge is -2.12. The van der Waals surface area contributed by atoms with Gasteiger partial charge < -0.3 is 10.4 Å². The standard InChI is InChI=1S/C10H10F3NO2/c1-6-2-3-7(14-9(16)5-15)4-8(6)10(11,12)13/h2-4,15H,5H2,1H3,(H,14,16). The SMILES string of the molecule is Cc1ccc(NC(=O)CO)cc1C(F)(F)F. The molecule has 1 rings (SSSR count). The summed E-state index contributed by atoms with van der Waals surface area (Å²) in [6, 6.07) is 3.44. The van der Waals surface area contributed by atoms with Crippen LogP contribution in [0, 0.1) is 6.92 Å². The minimum Gasteiger partial charge on any atom is -0.387 e. The molecule has 0 radical (unpaired) electrons. The van der Waals surface area contributed by atoms with E-state index in [9.17, 15) is 18.0 Å². The molecule has 0 unspecified atom stereocenters. The fourth-order valence-corrected chi connectivity index (χ4v) is 1.21. The predicted molar refractivity (Wildman–Crippen MR) is 51.9 cm³/mol. The lowest BCUT2D eigenvalue weighted by Crippen LogP contribution is -2.16. The summed E-state index contributed by atoms with van der Waals surface area (Å²) < 4.78 is 37.5. The van der Waals surface area contributed by atoms with Crippen LogP contribution >= 0.6 is 0 Å². The Kier molecular flexibility index (Phi) is 3.54. The van der Waals surface area contributed by atoms with Crippen molar-refractivity contribution in [2.75, 3.05) is 11.9 Å². The first-order chi connectivity index (χ1) is 7.34. The third kappa shape index (κ3) is 2.96. The second-order valence-electron chi connectivity index (χ2n) is 3.23. The second kappa shape index (κ2) is 4.52. The highest BCUT2D eigenvalue weighted by molar-refractivity contribution is 5.91. The molecule has 0 aliphatic carbocycles. The molecule has 0 bridgehead atoms. The zero-order valence-corrected chi connectivity index (χ0v) is 8.43. The minimum absolute atomic E-state index is 0.0111. The number of aliphatic hydroxyl groups is 1. The molecule has 16 heavy (non-hydrogen) atoms. The number of anilines is 1. The van der Waals surface area contributed by atoms with Gasteiger partial charge in [0.15, 0.2) is 0 Å². The lowest BCUT2D eigenvalue weighted by molar-refractivity contribution is -0.138. The number of amides is 1. The molecular formula is C10H10F3NO2. The number of hydrogen-bond acceptors (Lipinski definition) is 2. The van der Waals surface area contributed by atoms with E-state index in [0.717, 1.165) is 6.07 Å². The highest BCUT2D eigenvalue weighted by atomic mass is 19.4. The molecule has 0 saturated carbocycles. The smallest absolute Gasteiger partial charge is 0.387 e. The molecule has 0 heterocycles. The van der Waals surface area contributed by atoms with Crippen LogP contribution in [0.25, 0.3) is 0 Å². The van der Waals surface area contributed by atoms with Gasteiger partial charge in [-0.05, 0) is 24.6 Å². The number of aryl methyl sites for hydroxylation is 1. The van der Waals surface area contributed by atoms with E-state index in [-0.39, 0.29) is 11.3 Å². The Labute approximate surface area is 89.9 Å². The maximum atomic E-state index is 12.5. The van der Waals surface area contributed by atoms with Crippen molar-refractivity contribution in [3.63, 3.8) is 0 Å². The molecule has 0 fully saturated rings. The zero-order chi connectivity index (χ0) is 12.3. The fourth-order valence-electron chi connectivity index (χ4n) is 1.21. The summed E-state index contributed by atoms with van der Waals surface area (Å²) in [6.07, 6.45) is -4.45. The van der Waals surface area contributed by atoms with Crippen molar-refractivity contribution < 1.29 is 23.1 Å². The van der Waals surface area contributed by atoms with Gasteiger partial charge in [0.25, 0.3) is 0 Å². The van der Waals surface area contributed by atoms with Crippen LogP contribution in [0.2, 0.25) is 0 Å². The van der Waals surface area contributed by atoms with Crippen LogP contribution in [0.4, 0.5) is 18.9 Å². The Morgan fingerprint density at radius 1 is 1.44 bits per heavy atom. The molecule has 6 heteroatoms. The quantitative estimate of drug-likeness (QED) is 0.820. The van der Waals surface area contributed by atoms with Gasteiger partial charge in [-0.2, -0.15) is 13.2 Å². The molecule has 0 aromatic heterocycles. The van der Waals surface area contributed by atoms with E-state index >= 15 is 0 Å². The van der Waals surface area contributed by atoms with Crippen molar-refractivity contribution in [3.8, 4) is 0 Å². The van der Waals surface area contributed by atoms with Crippen molar-refractivity contribution in [1.29, 1.82) is 0 Å². The van der Waals surface area contributed by atoms with Crippen molar-refractivity contribution in [2.24, 2.45) is 0 Å². The van der Waals surface area contributed by atoms with E-state index in [2.05, 4.69) is 5.32 Å². The average Bonchev–Trinajstić information content (AvgIpc) is 2.19. The van der Waals surface area contributed by atoms with E-state index in [4.69, 9.17) is 5.11 Å². The Balaban J connectivity index is 3.03. The number of rotatable bonds is 2. The topological polar surface area (TPSA) is 49.3 Å². The summed E-state index contributed by atoms with van der Waals surface area (Å²) >= 11 is 0. The molecule has 1 aromatic carbocycles. The van der Waals surface area contributed by atoms with E-state index < -0.39 is 24.3 Å². The fraction of sp³-hybridized carbons (Fsp3) is 0.300. The summed E-state index contributed by atoms with van der Waals surface area (Å²) in [6.45, 7) is 0.565. The van der Waals surface area contributed by atoms with Gasteiger partial charge in [0.2, 0.25) is 5.91 Å². The van der Waals surface area contributed by atoms with Gasteiger partial charge in [-0.3, -0.25) is 4.79 Å². The zero-order valence-electron chi connectivity index (χ0n) is 8.43.